The number of amides is 1. The Morgan fingerprint density at radius 2 is 2.21 bits per heavy atom. The van der Waals surface area contributed by atoms with Crippen molar-refractivity contribution in [3.63, 3.8) is 0 Å². The number of nitrogens with zero attached hydrogens (tertiary/aromatic N) is 2. The second kappa shape index (κ2) is 6.97. The number of terminal acetylenes is 1. The lowest BCUT2D eigenvalue weighted by Gasteiger charge is -2.27. The molecule has 0 bridgehead atoms. The number of hydrogen-bond acceptors (Lipinski definition) is 3. The Balaban J connectivity index is 1.67. The third-order valence-corrected chi connectivity index (χ3v) is 5.15. The molecular formula is C24H25N3O2. The van der Waals surface area contributed by atoms with E-state index < -0.39 is 5.60 Å². The van der Waals surface area contributed by atoms with Crippen molar-refractivity contribution in [3.05, 3.63) is 54.4 Å². The lowest BCUT2D eigenvalue weighted by atomic mass is 10.1. The molecule has 148 valence electrons. The molecule has 2 aromatic carbocycles. The van der Waals surface area contributed by atoms with Crippen molar-refractivity contribution in [1.29, 1.82) is 0 Å². The summed E-state index contributed by atoms with van der Waals surface area (Å²) in [7, 11) is 0. The summed E-state index contributed by atoms with van der Waals surface area (Å²) in [6, 6.07) is 10.0. The van der Waals surface area contributed by atoms with Crippen LogP contribution in [-0.2, 0) is 11.3 Å². The van der Waals surface area contributed by atoms with E-state index in [1.165, 1.54) is 0 Å². The first kappa shape index (κ1) is 19.1. The predicted octanol–water partition coefficient (Wildman–Crippen LogP) is 5.01. The van der Waals surface area contributed by atoms with Gasteiger partial charge in [-0.3, -0.25) is 4.90 Å². The highest BCUT2D eigenvalue weighted by molar-refractivity contribution is 6.04. The minimum absolute atomic E-state index is 0.102. The van der Waals surface area contributed by atoms with Gasteiger partial charge in [0.2, 0.25) is 0 Å². The average molecular weight is 387 g/mol. The average Bonchev–Trinajstić information content (AvgIpc) is 3.33. The van der Waals surface area contributed by atoms with Gasteiger partial charge in [0, 0.05) is 17.0 Å². The van der Waals surface area contributed by atoms with Crippen LogP contribution in [0.2, 0.25) is 0 Å². The summed E-state index contributed by atoms with van der Waals surface area (Å²) in [6.45, 7) is 9.85. The van der Waals surface area contributed by atoms with Crippen molar-refractivity contribution in [2.45, 2.75) is 45.4 Å². The zero-order valence-corrected chi connectivity index (χ0v) is 17.0. The molecule has 1 unspecified atom stereocenters. The largest absolute Gasteiger partial charge is 0.444 e. The van der Waals surface area contributed by atoms with Crippen molar-refractivity contribution >= 4 is 27.9 Å². The Hall–Kier alpha value is -3.26. The van der Waals surface area contributed by atoms with Gasteiger partial charge in [0.15, 0.2) is 0 Å². The summed E-state index contributed by atoms with van der Waals surface area (Å²) in [4.78, 5) is 22.7. The number of fused-ring (bicyclic) bond motifs is 3. The van der Waals surface area contributed by atoms with E-state index in [0.29, 0.717) is 12.5 Å². The van der Waals surface area contributed by atoms with Crippen LogP contribution in [0.1, 0.15) is 38.6 Å². The first-order chi connectivity index (χ1) is 13.8. The van der Waals surface area contributed by atoms with Crippen LogP contribution >= 0.6 is 0 Å². The maximum absolute atomic E-state index is 12.8. The molecule has 1 N–H and O–H groups in total. The first-order valence-electron chi connectivity index (χ1n) is 9.79. The Labute approximate surface area is 170 Å². The smallest absolute Gasteiger partial charge is 0.410 e. The van der Waals surface area contributed by atoms with Crippen molar-refractivity contribution < 1.29 is 9.53 Å². The molecule has 4 rings (SSSR count). The van der Waals surface area contributed by atoms with Crippen LogP contribution < -0.4 is 0 Å². The van der Waals surface area contributed by atoms with Crippen molar-refractivity contribution in [1.82, 2.24) is 14.9 Å². The fraction of sp³-hybridized carbons (Fsp3) is 0.333. The molecule has 5 heteroatoms. The highest BCUT2D eigenvalue weighted by Crippen LogP contribution is 2.38. The Morgan fingerprint density at radius 3 is 2.86 bits per heavy atom. The zero-order chi connectivity index (χ0) is 20.8. The normalized spacial score (nSPS) is 18.4. The molecule has 0 aliphatic heterocycles. The molecule has 0 spiro atoms. The van der Waals surface area contributed by atoms with E-state index in [1.807, 2.05) is 57.2 Å². The number of aromatic amines is 1. The number of hydrogen-bond donors (Lipinski definition) is 1. The molecule has 2 atom stereocenters. The molecule has 3 aromatic rings. The van der Waals surface area contributed by atoms with Gasteiger partial charge in [0.1, 0.15) is 11.4 Å². The van der Waals surface area contributed by atoms with E-state index in [0.717, 1.165) is 39.6 Å². The van der Waals surface area contributed by atoms with Gasteiger partial charge in [-0.1, -0.05) is 24.1 Å². The van der Waals surface area contributed by atoms with Gasteiger partial charge < -0.3 is 9.72 Å². The number of rotatable bonds is 4. The first-order valence-corrected chi connectivity index (χ1v) is 9.79. The fourth-order valence-corrected chi connectivity index (χ4v) is 3.64. The van der Waals surface area contributed by atoms with Gasteiger partial charge in [0.25, 0.3) is 0 Å². The lowest BCUT2D eigenvalue weighted by Crippen LogP contribution is -2.38. The summed E-state index contributed by atoms with van der Waals surface area (Å²) in [5.74, 6) is 3.70. The van der Waals surface area contributed by atoms with Crippen molar-refractivity contribution in [2.24, 2.45) is 5.92 Å². The number of aromatic nitrogens is 2. The predicted molar refractivity (Wildman–Crippen MR) is 115 cm³/mol. The van der Waals surface area contributed by atoms with Gasteiger partial charge in [0.05, 0.1) is 17.6 Å². The minimum atomic E-state index is -0.549. The number of imidazole rings is 1. The summed E-state index contributed by atoms with van der Waals surface area (Å²) in [5.41, 5.74) is 2.10. The monoisotopic (exact) mass is 387 g/mol. The highest BCUT2D eigenvalue weighted by Gasteiger charge is 2.43. The summed E-state index contributed by atoms with van der Waals surface area (Å²) >= 11 is 0. The van der Waals surface area contributed by atoms with Gasteiger partial charge in [-0.25, -0.2) is 9.78 Å². The summed E-state index contributed by atoms with van der Waals surface area (Å²) in [5, 5.41) is 2.11. The van der Waals surface area contributed by atoms with Gasteiger partial charge in [-0.15, -0.1) is 13.0 Å². The van der Waals surface area contributed by atoms with E-state index in [1.54, 1.807) is 4.90 Å². The molecule has 1 fully saturated rings. The topological polar surface area (TPSA) is 58.2 Å². The van der Waals surface area contributed by atoms with Crippen LogP contribution in [0, 0.1) is 18.3 Å². The van der Waals surface area contributed by atoms with E-state index in [4.69, 9.17) is 16.1 Å². The van der Waals surface area contributed by atoms with Crippen LogP contribution in [0.25, 0.3) is 21.8 Å². The number of ether oxygens (including phenoxy) is 1. The Morgan fingerprint density at radius 1 is 1.41 bits per heavy atom. The summed E-state index contributed by atoms with van der Waals surface area (Å²) < 4.78 is 5.63. The molecule has 1 saturated carbocycles. The van der Waals surface area contributed by atoms with E-state index >= 15 is 0 Å². The van der Waals surface area contributed by atoms with Crippen LogP contribution in [0.5, 0.6) is 0 Å². The van der Waals surface area contributed by atoms with Crippen molar-refractivity contribution in [2.75, 3.05) is 0 Å². The molecule has 1 amide bonds. The van der Waals surface area contributed by atoms with Crippen molar-refractivity contribution in [3.8, 4) is 12.3 Å². The van der Waals surface area contributed by atoms with Crippen LogP contribution in [0.3, 0.4) is 0 Å². The van der Waals surface area contributed by atoms with Gasteiger partial charge in [-0.2, -0.15) is 0 Å². The molecule has 0 radical (unpaired) electrons. The number of benzene rings is 2. The third-order valence-electron chi connectivity index (χ3n) is 5.15. The molecule has 29 heavy (non-hydrogen) atoms. The summed E-state index contributed by atoms with van der Waals surface area (Å²) in [6.07, 6.45) is 8.00. The van der Waals surface area contributed by atoms with Crippen LogP contribution in [-0.4, -0.2) is 32.6 Å². The second-order valence-electron chi connectivity index (χ2n) is 8.53. The maximum Gasteiger partial charge on any atom is 0.410 e. The van der Waals surface area contributed by atoms with E-state index in [2.05, 4.69) is 17.5 Å². The van der Waals surface area contributed by atoms with Gasteiger partial charge in [-0.05, 0) is 56.7 Å². The standard InChI is InChI=1S/C24H25N3O2/c1-6-15-8-10-18-17(12-15)9-11-19-22(18)26-21(25-19)14-27(20-13-16(20)7-2)23(28)29-24(3,4)5/h1,7-12,16,20H,2,13-14H2,3-5H3,(H,25,26)/t16-,20?/m0/s1. The number of nitrogens with one attached hydrogen (secondary N) is 1. The van der Waals surface area contributed by atoms with Gasteiger partial charge >= 0.3 is 6.09 Å². The highest BCUT2D eigenvalue weighted by atomic mass is 16.6. The number of carbonyl (C=O) groups excluding carboxylic acids is 1. The SMILES string of the molecule is C#Cc1ccc2c(ccc3nc(CN(C(=O)OC(C)(C)C)C4C[C@@H]4C=C)[nH]c32)c1. The zero-order valence-electron chi connectivity index (χ0n) is 17.0. The van der Waals surface area contributed by atoms with Crippen LogP contribution in [0.15, 0.2) is 43.0 Å². The lowest BCUT2D eigenvalue weighted by molar-refractivity contribution is 0.0206. The van der Waals surface area contributed by atoms with Crippen LogP contribution in [0.4, 0.5) is 4.79 Å². The molecule has 1 aliphatic rings. The van der Waals surface area contributed by atoms with E-state index in [9.17, 15) is 4.79 Å². The molecule has 1 aliphatic carbocycles. The minimum Gasteiger partial charge on any atom is -0.444 e. The number of carbonyl (C=O) groups is 1. The molecule has 1 aromatic heterocycles. The quantitative estimate of drug-likeness (QED) is 0.506. The Kier molecular flexibility index (Phi) is 4.58. The fourth-order valence-electron chi connectivity index (χ4n) is 3.64. The molecular weight excluding hydrogens is 362 g/mol. The Bertz CT molecular complexity index is 1150. The second-order valence-corrected chi connectivity index (χ2v) is 8.53. The number of H-pyrrole nitrogens is 1. The molecule has 0 saturated heterocycles. The van der Waals surface area contributed by atoms with E-state index in [-0.39, 0.29) is 12.1 Å². The third kappa shape index (κ3) is 3.84. The maximum atomic E-state index is 12.8. The molecule has 5 nitrogen and oxygen atoms in total. The molecule has 1 heterocycles.